The van der Waals surface area contributed by atoms with Gasteiger partial charge in [0.05, 0.1) is 6.61 Å². The SMILES string of the molecule is CCc1ccc(OCCC2CCCC2N)cc1. The van der Waals surface area contributed by atoms with E-state index in [0.29, 0.717) is 12.0 Å². The van der Waals surface area contributed by atoms with Crippen molar-refractivity contribution >= 4 is 0 Å². The summed E-state index contributed by atoms with van der Waals surface area (Å²) in [5.41, 5.74) is 7.40. The largest absolute Gasteiger partial charge is 0.494 e. The molecule has 0 amide bonds. The Morgan fingerprint density at radius 2 is 2.00 bits per heavy atom. The minimum Gasteiger partial charge on any atom is -0.494 e. The van der Waals surface area contributed by atoms with Crippen LogP contribution in [0, 0.1) is 5.92 Å². The Morgan fingerprint density at radius 3 is 2.59 bits per heavy atom. The van der Waals surface area contributed by atoms with Gasteiger partial charge in [0, 0.05) is 6.04 Å². The second-order valence-electron chi connectivity index (χ2n) is 4.99. The molecular weight excluding hydrogens is 210 g/mol. The van der Waals surface area contributed by atoms with Crippen LogP contribution >= 0.6 is 0 Å². The van der Waals surface area contributed by atoms with Crippen molar-refractivity contribution < 1.29 is 4.74 Å². The van der Waals surface area contributed by atoms with Crippen molar-refractivity contribution in [2.45, 2.75) is 45.1 Å². The first-order valence-electron chi connectivity index (χ1n) is 6.77. The van der Waals surface area contributed by atoms with Gasteiger partial charge in [-0.3, -0.25) is 0 Å². The van der Waals surface area contributed by atoms with Gasteiger partial charge in [-0.25, -0.2) is 0 Å². The molecule has 0 saturated heterocycles. The highest BCUT2D eigenvalue weighted by Gasteiger charge is 2.23. The Balaban J connectivity index is 1.73. The van der Waals surface area contributed by atoms with Crippen molar-refractivity contribution in [1.82, 2.24) is 0 Å². The first kappa shape index (κ1) is 12.4. The van der Waals surface area contributed by atoms with Gasteiger partial charge >= 0.3 is 0 Å². The van der Waals surface area contributed by atoms with Gasteiger partial charge in [0.25, 0.3) is 0 Å². The summed E-state index contributed by atoms with van der Waals surface area (Å²) >= 11 is 0. The Hall–Kier alpha value is -1.02. The van der Waals surface area contributed by atoms with E-state index in [4.69, 9.17) is 10.5 Å². The zero-order valence-corrected chi connectivity index (χ0v) is 10.7. The molecule has 0 heterocycles. The molecule has 0 aliphatic heterocycles. The van der Waals surface area contributed by atoms with Crippen LogP contribution in [0.3, 0.4) is 0 Å². The van der Waals surface area contributed by atoms with Crippen molar-refractivity contribution in [2.75, 3.05) is 6.61 Å². The highest BCUT2D eigenvalue weighted by atomic mass is 16.5. The van der Waals surface area contributed by atoms with Gasteiger partial charge in [-0.05, 0) is 49.3 Å². The van der Waals surface area contributed by atoms with E-state index in [2.05, 4.69) is 31.2 Å². The van der Waals surface area contributed by atoms with Gasteiger partial charge in [0.1, 0.15) is 5.75 Å². The second-order valence-corrected chi connectivity index (χ2v) is 4.99. The van der Waals surface area contributed by atoms with Crippen LogP contribution in [0.25, 0.3) is 0 Å². The summed E-state index contributed by atoms with van der Waals surface area (Å²) < 4.78 is 5.76. The number of nitrogens with two attached hydrogens (primary N) is 1. The topological polar surface area (TPSA) is 35.2 Å². The van der Waals surface area contributed by atoms with Crippen LogP contribution in [0.4, 0.5) is 0 Å². The van der Waals surface area contributed by atoms with E-state index < -0.39 is 0 Å². The van der Waals surface area contributed by atoms with Crippen molar-refractivity contribution in [2.24, 2.45) is 11.7 Å². The molecule has 0 radical (unpaired) electrons. The quantitative estimate of drug-likeness (QED) is 0.848. The third-order valence-electron chi connectivity index (χ3n) is 3.81. The molecule has 17 heavy (non-hydrogen) atoms. The molecule has 1 aromatic carbocycles. The monoisotopic (exact) mass is 233 g/mol. The maximum atomic E-state index is 6.04. The van der Waals surface area contributed by atoms with E-state index >= 15 is 0 Å². The summed E-state index contributed by atoms with van der Waals surface area (Å²) in [5, 5.41) is 0. The molecule has 2 atom stereocenters. The van der Waals surface area contributed by atoms with E-state index in [1.807, 2.05) is 0 Å². The lowest BCUT2D eigenvalue weighted by Gasteiger charge is -2.15. The van der Waals surface area contributed by atoms with E-state index in [1.165, 1.54) is 24.8 Å². The van der Waals surface area contributed by atoms with Crippen LogP contribution in [0.15, 0.2) is 24.3 Å². The Labute approximate surface area is 104 Å². The number of hydrogen-bond donors (Lipinski definition) is 1. The van der Waals surface area contributed by atoms with Crippen LogP contribution in [-0.4, -0.2) is 12.6 Å². The average Bonchev–Trinajstić information content (AvgIpc) is 2.76. The highest BCUT2D eigenvalue weighted by molar-refractivity contribution is 5.27. The van der Waals surface area contributed by atoms with Gasteiger partial charge in [0.15, 0.2) is 0 Å². The fourth-order valence-corrected chi connectivity index (χ4v) is 2.57. The first-order valence-corrected chi connectivity index (χ1v) is 6.77. The Kier molecular flexibility index (Phi) is 4.43. The molecule has 2 rings (SSSR count). The van der Waals surface area contributed by atoms with Crippen LogP contribution in [-0.2, 0) is 6.42 Å². The predicted octanol–water partition coefficient (Wildman–Crippen LogP) is 3.15. The molecule has 1 aromatic rings. The molecule has 2 heteroatoms. The molecule has 1 saturated carbocycles. The normalized spacial score (nSPS) is 23.9. The van der Waals surface area contributed by atoms with Gasteiger partial charge in [-0.1, -0.05) is 25.5 Å². The predicted molar refractivity (Wildman–Crippen MR) is 71.2 cm³/mol. The van der Waals surface area contributed by atoms with Crippen LogP contribution in [0.2, 0.25) is 0 Å². The van der Waals surface area contributed by atoms with Crippen molar-refractivity contribution in [3.63, 3.8) is 0 Å². The molecule has 1 aliphatic carbocycles. The fraction of sp³-hybridized carbons (Fsp3) is 0.600. The summed E-state index contributed by atoms with van der Waals surface area (Å²) in [6, 6.07) is 8.80. The minimum absolute atomic E-state index is 0.404. The van der Waals surface area contributed by atoms with Gasteiger partial charge in [-0.15, -0.1) is 0 Å². The molecule has 2 unspecified atom stereocenters. The summed E-state index contributed by atoms with van der Waals surface area (Å²) in [6.45, 7) is 2.96. The van der Waals surface area contributed by atoms with Crippen LogP contribution < -0.4 is 10.5 Å². The fourth-order valence-electron chi connectivity index (χ4n) is 2.57. The Morgan fingerprint density at radius 1 is 1.24 bits per heavy atom. The van der Waals surface area contributed by atoms with Crippen molar-refractivity contribution in [1.29, 1.82) is 0 Å². The molecule has 1 aliphatic rings. The molecule has 0 bridgehead atoms. The van der Waals surface area contributed by atoms with E-state index in [1.54, 1.807) is 0 Å². The maximum Gasteiger partial charge on any atom is 0.119 e. The lowest BCUT2D eigenvalue weighted by Crippen LogP contribution is -2.25. The van der Waals surface area contributed by atoms with Crippen molar-refractivity contribution in [3.8, 4) is 5.75 Å². The number of aryl methyl sites for hydroxylation is 1. The molecule has 94 valence electrons. The minimum atomic E-state index is 0.404. The maximum absolute atomic E-state index is 6.04. The summed E-state index contributed by atoms with van der Waals surface area (Å²) in [7, 11) is 0. The molecule has 1 fully saturated rings. The smallest absolute Gasteiger partial charge is 0.119 e. The van der Waals surface area contributed by atoms with Crippen LogP contribution in [0.5, 0.6) is 5.75 Å². The summed E-state index contributed by atoms with van der Waals surface area (Å²) in [5.74, 6) is 1.65. The standard InChI is InChI=1S/C15H23NO/c1-2-12-6-8-14(9-7-12)17-11-10-13-4-3-5-15(13)16/h6-9,13,15H,2-5,10-11,16H2,1H3. The third kappa shape index (κ3) is 3.47. The highest BCUT2D eigenvalue weighted by Crippen LogP contribution is 2.26. The second kappa shape index (κ2) is 6.06. The summed E-state index contributed by atoms with van der Waals surface area (Å²) in [6.07, 6.45) is 5.93. The first-order chi connectivity index (χ1) is 8.29. The number of ether oxygens (including phenoxy) is 1. The zero-order valence-electron chi connectivity index (χ0n) is 10.7. The lowest BCUT2D eigenvalue weighted by molar-refractivity contribution is 0.271. The molecule has 0 spiro atoms. The van der Waals surface area contributed by atoms with Gasteiger partial charge < -0.3 is 10.5 Å². The lowest BCUT2D eigenvalue weighted by atomic mass is 10.0. The number of rotatable bonds is 5. The van der Waals surface area contributed by atoms with Crippen LogP contribution in [0.1, 0.15) is 38.2 Å². The number of benzene rings is 1. The molecule has 2 N–H and O–H groups in total. The third-order valence-corrected chi connectivity index (χ3v) is 3.81. The van der Waals surface area contributed by atoms with Gasteiger partial charge in [-0.2, -0.15) is 0 Å². The zero-order chi connectivity index (χ0) is 12.1. The van der Waals surface area contributed by atoms with Crippen molar-refractivity contribution in [3.05, 3.63) is 29.8 Å². The Bertz CT molecular complexity index is 333. The van der Waals surface area contributed by atoms with E-state index in [-0.39, 0.29) is 0 Å². The number of hydrogen-bond acceptors (Lipinski definition) is 2. The summed E-state index contributed by atoms with van der Waals surface area (Å²) in [4.78, 5) is 0. The van der Waals surface area contributed by atoms with Gasteiger partial charge in [0.2, 0.25) is 0 Å². The molecule has 0 aromatic heterocycles. The average molecular weight is 233 g/mol. The van der Waals surface area contributed by atoms with E-state index in [0.717, 1.165) is 25.2 Å². The molecule has 2 nitrogen and oxygen atoms in total. The van der Waals surface area contributed by atoms with E-state index in [9.17, 15) is 0 Å². The molecular formula is C15H23NO.